The standard InChI is InChI=1S/C13H17N3/c1-9-5-10(13(15)7-14)6-11-8-16(2)4-3-12(9)11/h5-7,14-15H,3-4,8H2,1-2H3. The van der Waals surface area contributed by atoms with Crippen molar-refractivity contribution in [1.82, 2.24) is 4.90 Å². The van der Waals surface area contributed by atoms with Crippen LogP contribution in [0.2, 0.25) is 0 Å². The van der Waals surface area contributed by atoms with E-state index >= 15 is 0 Å². The molecule has 0 unspecified atom stereocenters. The Morgan fingerprint density at radius 2 is 2.19 bits per heavy atom. The molecule has 3 nitrogen and oxygen atoms in total. The first-order valence-corrected chi connectivity index (χ1v) is 5.52. The summed E-state index contributed by atoms with van der Waals surface area (Å²) >= 11 is 0. The highest BCUT2D eigenvalue weighted by Crippen LogP contribution is 2.23. The van der Waals surface area contributed by atoms with Crippen molar-refractivity contribution in [3.05, 3.63) is 34.4 Å². The van der Waals surface area contributed by atoms with Crippen LogP contribution in [0.1, 0.15) is 22.3 Å². The van der Waals surface area contributed by atoms with Crippen LogP contribution in [-0.4, -0.2) is 30.4 Å². The molecule has 0 bridgehead atoms. The van der Waals surface area contributed by atoms with Crippen molar-refractivity contribution in [3.63, 3.8) is 0 Å². The van der Waals surface area contributed by atoms with Crippen molar-refractivity contribution < 1.29 is 0 Å². The number of rotatable bonds is 2. The molecule has 3 heteroatoms. The van der Waals surface area contributed by atoms with E-state index in [-0.39, 0.29) is 0 Å². The lowest BCUT2D eigenvalue weighted by Crippen LogP contribution is -2.27. The molecular formula is C13H17N3. The Morgan fingerprint density at radius 3 is 2.88 bits per heavy atom. The largest absolute Gasteiger partial charge is 0.307 e. The molecule has 0 aliphatic carbocycles. The molecule has 0 saturated carbocycles. The maximum Gasteiger partial charge on any atom is 0.0787 e. The minimum Gasteiger partial charge on any atom is -0.307 e. The molecule has 1 aromatic rings. The second-order valence-electron chi connectivity index (χ2n) is 4.48. The smallest absolute Gasteiger partial charge is 0.0787 e. The van der Waals surface area contributed by atoms with E-state index in [2.05, 4.69) is 24.9 Å². The third-order valence-electron chi connectivity index (χ3n) is 3.20. The van der Waals surface area contributed by atoms with Gasteiger partial charge in [-0.15, -0.1) is 0 Å². The fraction of sp³-hybridized carbons (Fsp3) is 0.385. The normalized spacial score (nSPS) is 15.6. The van der Waals surface area contributed by atoms with Crippen LogP contribution in [0.15, 0.2) is 12.1 Å². The highest BCUT2D eigenvalue weighted by molar-refractivity contribution is 6.35. The molecule has 0 atom stereocenters. The van der Waals surface area contributed by atoms with Crippen molar-refractivity contribution in [2.24, 2.45) is 0 Å². The van der Waals surface area contributed by atoms with Crippen molar-refractivity contribution in [2.75, 3.05) is 13.6 Å². The van der Waals surface area contributed by atoms with Gasteiger partial charge in [0.25, 0.3) is 0 Å². The number of nitrogens with one attached hydrogen (secondary N) is 2. The Labute approximate surface area is 96.1 Å². The zero-order valence-corrected chi connectivity index (χ0v) is 9.80. The monoisotopic (exact) mass is 215 g/mol. The van der Waals surface area contributed by atoms with Crippen LogP contribution in [0.3, 0.4) is 0 Å². The summed E-state index contributed by atoms with van der Waals surface area (Å²) in [5, 5.41) is 14.8. The molecule has 1 aromatic carbocycles. The van der Waals surface area contributed by atoms with E-state index in [1.54, 1.807) is 0 Å². The number of likely N-dealkylation sites (N-methyl/N-ethyl adjacent to an activating group) is 1. The molecule has 1 aliphatic rings. The first kappa shape index (κ1) is 11.0. The molecule has 0 radical (unpaired) electrons. The minimum absolute atomic E-state index is 0.291. The number of hydrogen-bond acceptors (Lipinski definition) is 3. The van der Waals surface area contributed by atoms with Gasteiger partial charge in [0.2, 0.25) is 0 Å². The van der Waals surface area contributed by atoms with Crippen LogP contribution in [0.25, 0.3) is 0 Å². The highest BCUT2D eigenvalue weighted by atomic mass is 15.1. The summed E-state index contributed by atoms with van der Waals surface area (Å²) in [5.74, 6) is 0. The molecule has 2 N–H and O–H groups in total. The molecule has 0 spiro atoms. The average Bonchev–Trinajstić information content (AvgIpc) is 2.27. The SMILES string of the molecule is Cc1cc(C(=N)C=N)cc2c1CCN(C)C2. The van der Waals surface area contributed by atoms with Gasteiger partial charge in [0, 0.05) is 24.9 Å². The summed E-state index contributed by atoms with van der Waals surface area (Å²) in [6, 6.07) is 4.09. The van der Waals surface area contributed by atoms with Crippen molar-refractivity contribution in [1.29, 1.82) is 10.8 Å². The molecule has 2 rings (SSSR count). The van der Waals surface area contributed by atoms with E-state index in [1.807, 2.05) is 6.07 Å². The molecule has 1 aliphatic heterocycles. The van der Waals surface area contributed by atoms with Gasteiger partial charge in [0.1, 0.15) is 0 Å². The Hall–Kier alpha value is -1.48. The fourth-order valence-electron chi connectivity index (χ4n) is 2.30. The van der Waals surface area contributed by atoms with Crippen LogP contribution < -0.4 is 0 Å². The quantitative estimate of drug-likeness (QED) is 0.728. The zero-order valence-electron chi connectivity index (χ0n) is 9.80. The molecule has 0 saturated heterocycles. The maximum atomic E-state index is 7.69. The Morgan fingerprint density at radius 1 is 1.44 bits per heavy atom. The molecule has 84 valence electrons. The third kappa shape index (κ3) is 1.91. The minimum atomic E-state index is 0.291. The Kier molecular flexibility index (Phi) is 2.88. The van der Waals surface area contributed by atoms with Crippen LogP contribution in [0.5, 0.6) is 0 Å². The van der Waals surface area contributed by atoms with E-state index in [0.29, 0.717) is 5.71 Å². The first-order chi connectivity index (χ1) is 7.61. The van der Waals surface area contributed by atoms with Gasteiger partial charge in [0.15, 0.2) is 0 Å². The number of benzene rings is 1. The van der Waals surface area contributed by atoms with Gasteiger partial charge in [-0.1, -0.05) is 0 Å². The molecule has 0 amide bonds. The van der Waals surface area contributed by atoms with Crippen LogP contribution in [-0.2, 0) is 13.0 Å². The summed E-state index contributed by atoms with van der Waals surface area (Å²) in [4.78, 5) is 2.29. The van der Waals surface area contributed by atoms with Crippen LogP contribution in [0, 0.1) is 17.7 Å². The maximum absolute atomic E-state index is 7.69. The van der Waals surface area contributed by atoms with E-state index in [0.717, 1.165) is 31.3 Å². The van der Waals surface area contributed by atoms with Crippen molar-refractivity contribution in [2.45, 2.75) is 19.9 Å². The van der Waals surface area contributed by atoms with Gasteiger partial charge in [0.05, 0.1) is 5.71 Å². The second-order valence-corrected chi connectivity index (χ2v) is 4.48. The number of fused-ring (bicyclic) bond motifs is 1. The number of aryl methyl sites for hydroxylation is 1. The number of hydrogen-bond donors (Lipinski definition) is 2. The van der Waals surface area contributed by atoms with Crippen LogP contribution in [0.4, 0.5) is 0 Å². The van der Waals surface area contributed by atoms with Crippen LogP contribution >= 0.6 is 0 Å². The predicted molar refractivity (Wildman–Crippen MR) is 66.8 cm³/mol. The lowest BCUT2D eigenvalue weighted by atomic mass is 9.92. The lowest BCUT2D eigenvalue weighted by Gasteiger charge is -2.26. The fourth-order valence-corrected chi connectivity index (χ4v) is 2.30. The van der Waals surface area contributed by atoms with Crippen molar-refractivity contribution in [3.8, 4) is 0 Å². The molecule has 0 aromatic heterocycles. The van der Waals surface area contributed by atoms with Gasteiger partial charge in [-0.25, -0.2) is 0 Å². The summed E-state index contributed by atoms with van der Waals surface area (Å²) in [6.45, 7) is 4.16. The van der Waals surface area contributed by atoms with Gasteiger partial charge in [-0.2, -0.15) is 0 Å². The van der Waals surface area contributed by atoms with E-state index in [1.165, 1.54) is 16.7 Å². The molecule has 16 heavy (non-hydrogen) atoms. The third-order valence-corrected chi connectivity index (χ3v) is 3.20. The van der Waals surface area contributed by atoms with E-state index < -0.39 is 0 Å². The van der Waals surface area contributed by atoms with E-state index in [4.69, 9.17) is 10.8 Å². The predicted octanol–water partition coefficient (Wildman–Crippen LogP) is 2.00. The van der Waals surface area contributed by atoms with Gasteiger partial charge >= 0.3 is 0 Å². The summed E-state index contributed by atoms with van der Waals surface area (Å²) in [7, 11) is 2.12. The van der Waals surface area contributed by atoms with Crippen molar-refractivity contribution >= 4 is 11.9 Å². The zero-order chi connectivity index (χ0) is 11.7. The van der Waals surface area contributed by atoms with Gasteiger partial charge in [-0.05, 0) is 49.2 Å². The van der Waals surface area contributed by atoms with E-state index in [9.17, 15) is 0 Å². The topological polar surface area (TPSA) is 50.9 Å². The van der Waals surface area contributed by atoms with Gasteiger partial charge in [-0.3, -0.25) is 5.41 Å². The summed E-state index contributed by atoms with van der Waals surface area (Å²) in [6.07, 6.45) is 2.20. The first-order valence-electron chi connectivity index (χ1n) is 5.52. The Bertz CT molecular complexity index is 449. The molecule has 0 fully saturated rings. The molecule has 1 heterocycles. The summed E-state index contributed by atoms with van der Waals surface area (Å²) < 4.78 is 0. The molecular weight excluding hydrogens is 198 g/mol. The Balaban J connectivity index is 2.47. The van der Waals surface area contributed by atoms with Gasteiger partial charge < -0.3 is 10.3 Å². The average molecular weight is 215 g/mol. The highest BCUT2D eigenvalue weighted by Gasteiger charge is 2.16. The second kappa shape index (κ2) is 4.18. The summed E-state index contributed by atoms with van der Waals surface area (Å²) in [5.41, 5.74) is 5.16. The number of nitrogens with zero attached hydrogens (tertiary/aromatic N) is 1. The lowest BCUT2D eigenvalue weighted by molar-refractivity contribution is 0.312.